The number of halogens is 2. The first-order valence-electron chi connectivity index (χ1n) is 9.20. The van der Waals surface area contributed by atoms with Crippen LogP contribution in [0, 0.1) is 6.92 Å². The van der Waals surface area contributed by atoms with E-state index in [1.165, 1.54) is 18.2 Å². The quantitative estimate of drug-likeness (QED) is 0.215. The zero-order chi connectivity index (χ0) is 21.3. The van der Waals surface area contributed by atoms with Crippen LogP contribution < -0.4 is 10.4 Å². The Hall–Kier alpha value is -3.08. The molecular weight excluding hydrogens is 423 g/mol. The summed E-state index contributed by atoms with van der Waals surface area (Å²) in [4.78, 5) is 25.0. The first-order valence-corrected chi connectivity index (χ1v) is 9.95. The molecule has 0 aliphatic rings. The summed E-state index contributed by atoms with van der Waals surface area (Å²) >= 11 is 11.9. The van der Waals surface area contributed by atoms with E-state index in [9.17, 15) is 9.59 Å². The van der Waals surface area contributed by atoms with Crippen molar-refractivity contribution in [3.63, 3.8) is 0 Å². The van der Waals surface area contributed by atoms with Crippen LogP contribution in [0.1, 0.15) is 27.0 Å². The van der Waals surface area contributed by atoms with Crippen LogP contribution in [0.15, 0.2) is 75.9 Å². The minimum Gasteiger partial charge on any atom is -0.423 e. The predicted octanol–water partition coefficient (Wildman–Crippen LogP) is 6.22. The standard InChI is InChI=1S/C24H16Cl2O4/c1-14-18-10-8-17(29-23(27)19-9-7-16(25)12-21(19)26)13-22(18)30-24(28)20(14)11-15-5-3-2-4-6-15/h2-10,12-13H,11H2,1H3. The second kappa shape index (κ2) is 8.34. The van der Waals surface area contributed by atoms with Gasteiger partial charge in [-0.25, -0.2) is 9.59 Å². The molecule has 0 saturated carbocycles. The lowest BCUT2D eigenvalue weighted by Gasteiger charge is -2.10. The van der Waals surface area contributed by atoms with Gasteiger partial charge in [0.05, 0.1) is 10.6 Å². The summed E-state index contributed by atoms with van der Waals surface area (Å²) < 4.78 is 10.9. The monoisotopic (exact) mass is 438 g/mol. The van der Waals surface area contributed by atoms with E-state index in [0.29, 0.717) is 22.6 Å². The Balaban J connectivity index is 1.65. The number of fused-ring (bicyclic) bond motifs is 1. The minimum absolute atomic E-state index is 0.192. The molecule has 0 aliphatic carbocycles. The molecule has 30 heavy (non-hydrogen) atoms. The molecule has 3 aromatic carbocycles. The van der Waals surface area contributed by atoms with Crippen LogP contribution in [0.2, 0.25) is 10.0 Å². The highest BCUT2D eigenvalue weighted by Crippen LogP contribution is 2.27. The van der Waals surface area contributed by atoms with Crippen LogP contribution in [0.4, 0.5) is 0 Å². The normalized spacial score (nSPS) is 10.9. The van der Waals surface area contributed by atoms with Crippen molar-refractivity contribution in [2.75, 3.05) is 0 Å². The molecule has 0 unspecified atom stereocenters. The lowest BCUT2D eigenvalue weighted by Crippen LogP contribution is -2.11. The SMILES string of the molecule is Cc1c(Cc2ccccc2)c(=O)oc2cc(OC(=O)c3ccc(Cl)cc3Cl)ccc12. The van der Waals surface area contributed by atoms with Crippen molar-refractivity contribution < 1.29 is 13.9 Å². The van der Waals surface area contributed by atoms with E-state index in [1.807, 2.05) is 37.3 Å². The van der Waals surface area contributed by atoms with Crippen LogP contribution in [0.25, 0.3) is 11.0 Å². The van der Waals surface area contributed by atoms with E-state index >= 15 is 0 Å². The van der Waals surface area contributed by atoms with E-state index in [4.69, 9.17) is 32.4 Å². The first-order chi connectivity index (χ1) is 14.4. The Morgan fingerprint density at radius 3 is 2.50 bits per heavy atom. The average molecular weight is 439 g/mol. The smallest absolute Gasteiger partial charge is 0.345 e. The molecule has 0 spiro atoms. The summed E-state index contributed by atoms with van der Waals surface area (Å²) in [5, 5.41) is 1.40. The fourth-order valence-corrected chi connectivity index (χ4v) is 3.74. The largest absolute Gasteiger partial charge is 0.423 e. The van der Waals surface area contributed by atoms with E-state index < -0.39 is 11.6 Å². The van der Waals surface area contributed by atoms with Crippen molar-refractivity contribution in [3.8, 4) is 5.75 Å². The summed E-state index contributed by atoms with van der Waals surface area (Å²) in [5.74, 6) is -0.382. The van der Waals surface area contributed by atoms with Gasteiger partial charge in [-0.05, 0) is 48.4 Å². The highest BCUT2D eigenvalue weighted by molar-refractivity contribution is 6.36. The third kappa shape index (κ3) is 4.11. The maximum atomic E-state index is 12.6. The Morgan fingerprint density at radius 2 is 1.77 bits per heavy atom. The molecule has 1 heterocycles. The lowest BCUT2D eigenvalue weighted by atomic mass is 10.00. The Morgan fingerprint density at radius 1 is 1.00 bits per heavy atom. The van der Waals surface area contributed by atoms with Crippen molar-refractivity contribution in [2.45, 2.75) is 13.3 Å². The van der Waals surface area contributed by atoms with Crippen molar-refractivity contribution in [3.05, 3.63) is 109 Å². The molecule has 150 valence electrons. The minimum atomic E-state index is -0.629. The van der Waals surface area contributed by atoms with E-state index in [-0.39, 0.29) is 16.3 Å². The van der Waals surface area contributed by atoms with Crippen LogP contribution in [0.5, 0.6) is 5.75 Å². The predicted molar refractivity (Wildman–Crippen MR) is 118 cm³/mol. The first kappa shape index (κ1) is 20.2. The molecular formula is C24H16Cl2O4. The van der Waals surface area contributed by atoms with E-state index in [0.717, 1.165) is 16.5 Å². The van der Waals surface area contributed by atoms with Gasteiger partial charge >= 0.3 is 11.6 Å². The fourth-order valence-electron chi connectivity index (χ4n) is 3.26. The maximum absolute atomic E-state index is 12.6. The van der Waals surface area contributed by atoms with Gasteiger partial charge in [0.2, 0.25) is 0 Å². The summed E-state index contributed by atoms with van der Waals surface area (Å²) in [7, 11) is 0. The summed E-state index contributed by atoms with van der Waals surface area (Å²) in [6.07, 6.45) is 0.483. The Kier molecular flexibility index (Phi) is 5.62. The lowest BCUT2D eigenvalue weighted by molar-refractivity contribution is 0.0735. The van der Waals surface area contributed by atoms with Gasteiger partial charge in [0.15, 0.2) is 0 Å². The van der Waals surface area contributed by atoms with Crippen molar-refractivity contribution >= 4 is 40.1 Å². The van der Waals surface area contributed by atoms with Crippen LogP contribution in [0.3, 0.4) is 0 Å². The van der Waals surface area contributed by atoms with Gasteiger partial charge in [-0.2, -0.15) is 0 Å². The van der Waals surface area contributed by atoms with Gasteiger partial charge in [-0.3, -0.25) is 0 Å². The van der Waals surface area contributed by atoms with Gasteiger partial charge in [-0.1, -0.05) is 53.5 Å². The number of carbonyl (C=O) groups is 1. The summed E-state index contributed by atoms with van der Waals surface area (Å²) in [6.45, 7) is 1.89. The number of rotatable bonds is 4. The molecule has 0 N–H and O–H groups in total. The van der Waals surface area contributed by atoms with E-state index in [2.05, 4.69) is 0 Å². The topological polar surface area (TPSA) is 56.5 Å². The second-order valence-electron chi connectivity index (χ2n) is 6.83. The molecule has 4 nitrogen and oxygen atoms in total. The molecule has 4 rings (SSSR count). The molecule has 0 amide bonds. The zero-order valence-corrected chi connectivity index (χ0v) is 17.5. The molecule has 0 bridgehead atoms. The molecule has 1 aromatic heterocycles. The highest BCUT2D eigenvalue weighted by Gasteiger charge is 2.16. The highest BCUT2D eigenvalue weighted by atomic mass is 35.5. The number of aryl methyl sites for hydroxylation is 1. The Bertz CT molecular complexity index is 1310. The third-order valence-corrected chi connectivity index (χ3v) is 5.39. The second-order valence-corrected chi connectivity index (χ2v) is 7.67. The average Bonchev–Trinajstić information content (AvgIpc) is 2.71. The van der Waals surface area contributed by atoms with Crippen LogP contribution >= 0.6 is 23.2 Å². The molecule has 0 atom stereocenters. The zero-order valence-electron chi connectivity index (χ0n) is 15.9. The van der Waals surface area contributed by atoms with Gasteiger partial charge in [0, 0.05) is 28.5 Å². The number of carbonyl (C=O) groups excluding carboxylic acids is 1. The number of esters is 1. The number of hydrogen-bond acceptors (Lipinski definition) is 4. The van der Waals surface area contributed by atoms with Gasteiger partial charge in [0.25, 0.3) is 0 Å². The number of benzene rings is 3. The van der Waals surface area contributed by atoms with Gasteiger partial charge in [-0.15, -0.1) is 0 Å². The Labute approximate surface area is 182 Å². The molecule has 4 aromatic rings. The fraction of sp³-hybridized carbons (Fsp3) is 0.0833. The molecule has 0 aliphatic heterocycles. The molecule has 0 fully saturated rings. The van der Waals surface area contributed by atoms with Crippen molar-refractivity contribution in [2.24, 2.45) is 0 Å². The van der Waals surface area contributed by atoms with Crippen LogP contribution in [-0.4, -0.2) is 5.97 Å². The summed E-state index contributed by atoms with van der Waals surface area (Å²) in [6, 6.07) is 19.2. The van der Waals surface area contributed by atoms with Crippen molar-refractivity contribution in [1.82, 2.24) is 0 Å². The summed E-state index contributed by atoms with van der Waals surface area (Å²) in [5.41, 5.74) is 2.60. The van der Waals surface area contributed by atoms with Gasteiger partial charge < -0.3 is 9.15 Å². The van der Waals surface area contributed by atoms with E-state index in [1.54, 1.807) is 18.2 Å². The van der Waals surface area contributed by atoms with Crippen LogP contribution in [-0.2, 0) is 6.42 Å². The number of ether oxygens (including phenoxy) is 1. The molecule has 6 heteroatoms. The van der Waals surface area contributed by atoms with Gasteiger partial charge in [0.1, 0.15) is 11.3 Å². The van der Waals surface area contributed by atoms with Crippen molar-refractivity contribution in [1.29, 1.82) is 0 Å². The molecule has 0 saturated heterocycles. The maximum Gasteiger partial charge on any atom is 0.345 e. The third-order valence-electron chi connectivity index (χ3n) is 4.84. The number of hydrogen-bond donors (Lipinski definition) is 0. The molecule has 0 radical (unpaired) electrons.